The number of allylic oxidation sites excluding steroid dienone is 2. The second kappa shape index (κ2) is 10.1. The van der Waals surface area contributed by atoms with Crippen LogP contribution in [0.5, 0.6) is 5.75 Å². The van der Waals surface area contributed by atoms with Crippen molar-refractivity contribution in [3.8, 4) is 5.75 Å². The smallest absolute Gasteiger partial charge is 0.310 e. The summed E-state index contributed by atoms with van der Waals surface area (Å²) in [6.45, 7) is 10.5. The second-order valence-corrected chi connectivity index (χ2v) is 6.26. The highest BCUT2D eigenvalue weighted by Gasteiger charge is 2.18. The van der Waals surface area contributed by atoms with Gasteiger partial charge in [0.2, 0.25) is 0 Å². The first-order valence-corrected chi connectivity index (χ1v) is 8.74. The molecule has 0 bridgehead atoms. The highest BCUT2D eigenvalue weighted by Crippen LogP contribution is 2.25. The van der Waals surface area contributed by atoms with Crippen molar-refractivity contribution in [2.45, 2.75) is 53.5 Å². The molecule has 1 aromatic carbocycles. The summed E-state index contributed by atoms with van der Waals surface area (Å²) in [5, 5.41) is 0. The molecule has 1 rings (SSSR count). The molecule has 0 saturated carbocycles. The van der Waals surface area contributed by atoms with Crippen molar-refractivity contribution in [2.75, 3.05) is 6.61 Å². The lowest BCUT2D eigenvalue weighted by Gasteiger charge is -2.23. The molecule has 2 N–H and O–H groups in total. The van der Waals surface area contributed by atoms with E-state index in [0.717, 1.165) is 17.7 Å². The van der Waals surface area contributed by atoms with Gasteiger partial charge in [-0.25, -0.2) is 0 Å². The zero-order valence-corrected chi connectivity index (χ0v) is 15.5. The van der Waals surface area contributed by atoms with E-state index < -0.39 is 0 Å². The third-order valence-corrected chi connectivity index (χ3v) is 4.31. The summed E-state index contributed by atoms with van der Waals surface area (Å²) in [6, 6.07) is 7.70. The number of hydrogen-bond acceptors (Lipinski definition) is 4. The minimum Gasteiger partial charge on any atom is -0.466 e. The molecule has 4 nitrogen and oxygen atoms in total. The molecule has 0 aromatic heterocycles. The molecule has 0 spiro atoms. The molecular formula is C20H31NO3. The van der Waals surface area contributed by atoms with Crippen molar-refractivity contribution in [2.24, 2.45) is 17.6 Å². The zero-order valence-electron chi connectivity index (χ0n) is 15.5. The van der Waals surface area contributed by atoms with Crippen LogP contribution in [0.2, 0.25) is 0 Å². The van der Waals surface area contributed by atoms with Gasteiger partial charge in [0.15, 0.2) is 0 Å². The minimum atomic E-state index is -0.243. The molecule has 0 fully saturated rings. The van der Waals surface area contributed by atoms with E-state index in [1.54, 1.807) is 6.92 Å². The van der Waals surface area contributed by atoms with Gasteiger partial charge in [0, 0.05) is 11.6 Å². The van der Waals surface area contributed by atoms with Crippen molar-refractivity contribution in [1.29, 1.82) is 0 Å². The molecule has 0 radical (unpaired) electrons. The Morgan fingerprint density at radius 3 is 2.50 bits per heavy atom. The van der Waals surface area contributed by atoms with Crippen LogP contribution >= 0.6 is 0 Å². The molecule has 0 aliphatic rings. The quantitative estimate of drug-likeness (QED) is 0.546. The Kier molecular flexibility index (Phi) is 8.55. The van der Waals surface area contributed by atoms with Crippen LogP contribution in [-0.2, 0) is 16.0 Å². The largest absolute Gasteiger partial charge is 0.466 e. The van der Waals surface area contributed by atoms with Crippen molar-refractivity contribution in [3.63, 3.8) is 0 Å². The van der Waals surface area contributed by atoms with E-state index in [9.17, 15) is 4.79 Å². The molecule has 0 aliphatic carbocycles. The Hall–Kier alpha value is -1.81. The van der Waals surface area contributed by atoms with Gasteiger partial charge in [0.05, 0.1) is 18.8 Å². The van der Waals surface area contributed by atoms with Gasteiger partial charge in [0.25, 0.3) is 0 Å². The fourth-order valence-electron chi connectivity index (χ4n) is 2.66. The maximum Gasteiger partial charge on any atom is 0.310 e. The fraction of sp³-hybridized carbons (Fsp3) is 0.550. The average molecular weight is 333 g/mol. The van der Waals surface area contributed by atoms with Gasteiger partial charge in [-0.2, -0.15) is 0 Å². The molecule has 24 heavy (non-hydrogen) atoms. The highest BCUT2D eigenvalue weighted by atomic mass is 16.5. The number of hydrogen-bond donors (Lipinski definition) is 1. The summed E-state index contributed by atoms with van der Waals surface area (Å²) in [4.78, 5) is 11.7. The van der Waals surface area contributed by atoms with Crippen LogP contribution < -0.4 is 10.5 Å². The number of rotatable bonds is 9. The number of carbonyl (C=O) groups is 1. The van der Waals surface area contributed by atoms with Crippen molar-refractivity contribution in [3.05, 3.63) is 41.7 Å². The topological polar surface area (TPSA) is 61.5 Å². The standard InChI is InChI=1S/C20H31NO3/c1-6-17(15(4)16(5)21)12-14(3)24-19-11-9-8-10-18(19)13-20(22)23-7-2/h8-12,15-17H,6-7,13,21H2,1-5H3/t15-,16-,17?/m0/s1. The number of para-hydroxylation sites is 1. The molecule has 134 valence electrons. The summed E-state index contributed by atoms with van der Waals surface area (Å²) >= 11 is 0. The molecular weight excluding hydrogens is 302 g/mol. The van der Waals surface area contributed by atoms with Crippen molar-refractivity contribution in [1.82, 2.24) is 0 Å². The third kappa shape index (κ3) is 6.36. The van der Waals surface area contributed by atoms with E-state index in [2.05, 4.69) is 19.9 Å². The van der Waals surface area contributed by atoms with Gasteiger partial charge in [-0.1, -0.05) is 32.0 Å². The van der Waals surface area contributed by atoms with E-state index in [0.29, 0.717) is 24.2 Å². The molecule has 4 heteroatoms. The van der Waals surface area contributed by atoms with E-state index in [1.807, 2.05) is 38.1 Å². The summed E-state index contributed by atoms with van der Waals surface area (Å²) in [6.07, 6.45) is 3.35. The Bertz CT molecular complexity index is 552. The first kappa shape index (κ1) is 20.2. The third-order valence-electron chi connectivity index (χ3n) is 4.31. The van der Waals surface area contributed by atoms with E-state index in [1.165, 1.54) is 0 Å². The SMILES string of the molecule is CCOC(=O)Cc1ccccc1OC(C)=CC(CC)[C@@H](C)[C@H](C)N. The Labute approximate surface area is 146 Å². The van der Waals surface area contributed by atoms with Gasteiger partial charge >= 0.3 is 5.97 Å². The van der Waals surface area contributed by atoms with E-state index in [4.69, 9.17) is 15.2 Å². The molecule has 0 saturated heterocycles. The number of ether oxygens (including phenoxy) is 2. The predicted molar refractivity (Wildman–Crippen MR) is 97.8 cm³/mol. The Morgan fingerprint density at radius 2 is 1.92 bits per heavy atom. The van der Waals surface area contributed by atoms with E-state index in [-0.39, 0.29) is 18.4 Å². The predicted octanol–water partition coefficient (Wildman–Crippen LogP) is 4.08. The number of carbonyl (C=O) groups excluding carboxylic acids is 1. The lowest BCUT2D eigenvalue weighted by molar-refractivity contribution is -0.142. The van der Waals surface area contributed by atoms with Crippen LogP contribution in [0.4, 0.5) is 0 Å². The maximum absolute atomic E-state index is 11.7. The van der Waals surface area contributed by atoms with Gasteiger partial charge in [-0.3, -0.25) is 4.79 Å². The lowest BCUT2D eigenvalue weighted by atomic mass is 9.86. The van der Waals surface area contributed by atoms with E-state index >= 15 is 0 Å². The average Bonchev–Trinajstić information content (AvgIpc) is 2.54. The van der Waals surface area contributed by atoms with Crippen molar-refractivity contribution < 1.29 is 14.3 Å². The Morgan fingerprint density at radius 1 is 1.25 bits per heavy atom. The normalized spacial score (nSPS) is 15.5. The minimum absolute atomic E-state index is 0.134. The monoisotopic (exact) mass is 333 g/mol. The van der Waals surface area contributed by atoms with Gasteiger partial charge in [-0.05, 0) is 51.2 Å². The molecule has 3 atom stereocenters. The van der Waals surface area contributed by atoms with Crippen LogP contribution in [0.1, 0.15) is 46.6 Å². The summed E-state index contributed by atoms with van der Waals surface area (Å²) in [5.41, 5.74) is 6.86. The summed E-state index contributed by atoms with van der Waals surface area (Å²) in [5.74, 6) is 2.02. The number of nitrogens with two attached hydrogens (primary N) is 1. The van der Waals surface area contributed by atoms with Gasteiger partial charge in [0.1, 0.15) is 5.75 Å². The lowest BCUT2D eigenvalue weighted by Crippen LogP contribution is -2.29. The number of esters is 1. The molecule has 0 heterocycles. The Balaban J connectivity index is 2.87. The van der Waals surface area contributed by atoms with Crippen LogP contribution in [0.15, 0.2) is 36.1 Å². The van der Waals surface area contributed by atoms with Crippen LogP contribution in [0.3, 0.4) is 0 Å². The van der Waals surface area contributed by atoms with Crippen LogP contribution in [0.25, 0.3) is 0 Å². The highest BCUT2D eigenvalue weighted by molar-refractivity contribution is 5.73. The van der Waals surface area contributed by atoms with Gasteiger partial charge in [-0.15, -0.1) is 0 Å². The molecule has 0 amide bonds. The zero-order chi connectivity index (χ0) is 18.1. The molecule has 1 aromatic rings. The van der Waals surface area contributed by atoms with Crippen LogP contribution in [-0.4, -0.2) is 18.6 Å². The number of benzene rings is 1. The maximum atomic E-state index is 11.7. The van der Waals surface area contributed by atoms with Crippen molar-refractivity contribution >= 4 is 5.97 Å². The fourth-order valence-corrected chi connectivity index (χ4v) is 2.66. The second-order valence-electron chi connectivity index (χ2n) is 6.26. The first-order chi connectivity index (χ1) is 11.4. The molecule has 1 unspecified atom stereocenters. The molecule has 0 aliphatic heterocycles. The van der Waals surface area contributed by atoms with Crippen LogP contribution in [0, 0.1) is 11.8 Å². The summed E-state index contributed by atoms with van der Waals surface area (Å²) < 4.78 is 11.0. The first-order valence-electron chi connectivity index (χ1n) is 8.74. The van der Waals surface area contributed by atoms with Gasteiger partial charge < -0.3 is 15.2 Å². The summed E-state index contributed by atoms with van der Waals surface area (Å²) in [7, 11) is 0.